The summed E-state index contributed by atoms with van der Waals surface area (Å²) >= 11 is 12.2. The van der Waals surface area contributed by atoms with Crippen molar-refractivity contribution >= 4 is 35.0 Å². The molecule has 0 radical (unpaired) electrons. The summed E-state index contributed by atoms with van der Waals surface area (Å²) in [5, 5.41) is 1.47. The number of rotatable bonds is 7. The first kappa shape index (κ1) is 22.3. The SMILES string of the molecule is COC1=CC(c2ccc[nH]2)=N/C1=C\c1[nH]c(Cc2ccc(Cl)cc2)cc1Cc1ccc(Cl)cc1. The molecule has 0 atom stereocenters. The van der Waals surface area contributed by atoms with Crippen molar-refractivity contribution in [2.75, 3.05) is 7.11 Å². The standard InChI is InChI=1S/C28H23Cl2N3O/c1-34-28-17-26(24-3-2-12-31-24)33-27(28)16-25-20(13-18-4-8-21(29)9-5-18)15-23(32-25)14-19-6-10-22(30)11-7-19/h2-12,15-17,31-32H,13-14H2,1H3/b27-16-. The van der Waals surface area contributed by atoms with E-state index < -0.39 is 0 Å². The van der Waals surface area contributed by atoms with Crippen molar-refractivity contribution in [2.45, 2.75) is 12.8 Å². The van der Waals surface area contributed by atoms with Gasteiger partial charge >= 0.3 is 0 Å². The highest BCUT2D eigenvalue weighted by molar-refractivity contribution is 6.30. The molecular formula is C28H23Cl2N3O. The van der Waals surface area contributed by atoms with Crippen LogP contribution < -0.4 is 0 Å². The van der Waals surface area contributed by atoms with Crippen molar-refractivity contribution < 1.29 is 4.74 Å². The molecule has 0 unspecified atom stereocenters. The second kappa shape index (κ2) is 9.80. The van der Waals surface area contributed by atoms with Crippen LogP contribution in [0.25, 0.3) is 6.08 Å². The van der Waals surface area contributed by atoms with Gasteiger partial charge in [-0.2, -0.15) is 0 Å². The topological polar surface area (TPSA) is 53.2 Å². The number of aliphatic imine (C=N–C) groups is 1. The molecule has 34 heavy (non-hydrogen) atoms. The Kier molecular flexibility index (Phi) is 6.43. The first-order valence-corrected chi connectivity index (χ1v) is 11.7. The number of methoxy groups -OCH3 is 1. The van der Waals surface area contributed by atoms with Crippen LogP contribution in [0.15, 0.2) is 95.5 Å². The summed E-state index contributed by atoms with van der Waals surface area (Å²) < 4.78 is 5.63. The Morgan fingerprint density at radius 2 is 1.59 bits per heavy atom. The van der Waals surface area contributed by atoms with Crippen LogP contribution in [0.3, 0.4) is 0 Å². The van der Waals surface area contributed by atoms with Crippen LogP contribution in [0, 0.1) is 0 Å². The largest absolute Gasteiger partial charge is 0.494 e. The van der Waals surface area contributed by atoms with Crippen molar-refractivity contribution in [2.24, 2.45) is 4.99 Å². The minimum absolute atomic E-state index is 0.732. The number of aromatic amines is 2. The molecule has 0 bridgehead atoms. The highest BCUT2D eigenvalue weighted by atomic mass is 35.5. The molecule has 0 aliphatic carbocycles. The third kappa shape index (κ3) is 5.04. The molecule has 5 rings (SSSR count). The number of allylic oxidation sites excluding steroid dienone is 1. The third-order valence-corrected chi connectivity index (χ3v) is 6.25. The Labute approximate surface area is 208 Å². The molecule has 0 saturated heterocycles. The summed E-state index contributed by atoms with van der Waals surface area (Å²) in [6.45, 7) is 0. The summed E-state index contributed by atoms with van der Waals surface area (Å²) in [7, 11) is 1.67. The maximum Gasteiger partial charge on any atom is 0.146 e. The lowest BCUT2D eigenvalue weighted by Crippen LogP contribution is -1.93. The zero-order chi connectivity index (χ0) is 23.5. The number of halogens is 2. The fraction of sp³-hybridized carbons (Fsp3) is 0.107. The molecule has 4 aromatic rings. The Bertz CT molecular complexity index is 1380. The average molecular weight is 488 g/mol. The van der Waals surface area contributed by atoms with Crippen LogP contribution in [0.4, 0.5) is 0 Å². The molecule has 2 aromatic carbocycles. The van der Waals surface area contributed by atoms with Gasteiger partial charge in [0.1, 0.15) is 11.5 Å². The summed E-state index contributed by atoms with van der Waals surface area (Å²) in [6.07, 6.45) is 7.44. The van der Waals surface area contributed by atoms with Gasteiger partial charge in [0.05, 0.1) is 18.5 Å². The maximum absolute atomic E-state index is 6.09. The number of nitrogens with one attached hydrogen (secondary N) is 2. The monoisotopic (exact) mass is 487 g/mol. The number of ether oxygens (including phenoxy) is 1. The van der Waals surface area contributed by atoms with E-state index in [1.165, 1.54) is 16.7 Å². The number of nitrogens with zero attached hydrogens (tertiary/aromatic N) is 1. The summed E-state index contributed by atoms with van der Waals surface area (Å²) in [5.74, 6) is 0.732. The van der Waals surface area contributed by atoms with E-state index in [2.05, 4.69) is 46.4 Å². The molecule has 0 saturated carbocycles. The van der Waals surface area contributed by atoms with Gasteiger partial charge in [0.2, 0.25) is 0 Å². The van der Waals surface area contributed by atoms with Gasteiger partial charge in [-0.25, -0.2) is 4.99 Å². The molecular weight excluding hydrogens is 465 g/mol. The third-order valence-electron chi connectivity index (χ3n) is 5.74. The van der Waals surface area contributed by atoms with E-state index in [4.69, 9.17) is 32.9 Å². The number of hydrogen-bond acceptors (Lipinski definition) is 2. The Morgan fingerprint density at radius 1 is 0.912 bits per heavy atom. The number of hydrogen-bond donors (Lipinski definition) is 2. The van der Waals surface area contributed by atoms with Gasteiger partial charge in [-0.15, -0.1) is 0 Å². The van der Waals surface area contributed by atoms with Crippen molar-refractivity contribution in [3.05, 3.63) is 134 Å². The average Bonchev–Trinajstić information content (AvgIpc) is 3.58. The lowest BCUT2D eigenvalue weighted by molar-refractivity contribution is 0.303. The number of benzene rings is 2. The molecule has 1 aliphatic rings. The number of aromatic nitrogens is 2. The van der Waals surface area contributed by atoms with Gasteiger partial charge in [0, 0.05) is 40.1 Å². The predicted molar refractivity (Wildman–Crippen MR) is 140 cm³/mol. The van der Waals surface area contributed by atoms with Gasteiger partial charge in [-0.3, -0.25) is 0 Å². The van der Waals surface area contributed by atoms with E-state index in [1.54, 1.807) is 7.11 Å². The molecule has 0 fully saturated rings. The van der Waals surface area contributed by atoms with Crippen LogP contribution in [0.2, 0.25) is 10.0 Å². The number of H-pyrrole nitrogens is 2. The Hall–Kier alpha value is -3.47. The normalized spacial score (nSPS) is 14.4. The molecule has 2 N–H and O–H groups in total. The lowest BCUT2D eigenvalue weighted by Gasteiger charge is -2.04. The highest BCUT2D eigenvalue weighted by Gasteiger charge is 2.18. The van der Waals surface area contributed by atoms with E-state index in [9.17, 15) is 0 Å². The van der Waals surface area contributed by atoms with Gasteiger partial charge < -0.3 is 14.7 Å². The van der Waals surface area contributed by atoms with Crippen molar-refractivity contribution in [3.8, 4) is 0 Å². The highest BCUT2D eigenvalue weighted by Crippen LogP contribution is 2.28. The second-order valence-electron chi connectivity index (χ2n) is 8.16. The van der Waals surface area contributed by atoms with Gasteiger partial charge in [-0.1, -0.05) is 47.5 Å². The van der Waals surface area contributed by atoms with E-state index in [-0.39, 0.29) is 0 Å². The predicted octanol–water partition coefficient (Wildman–Crippen LogP) is 7.21. The zero-order valence-corrected chi connectivity index (χ0v) is 20.1. The van der Waals surface area contributed by atoms with Crippen molar-refractivity contribution in [3.63, 3.8) is 0 Å². The van der Waals surface area contributed by atoms with Crippen LogP contribution >= 0.6 is 23.2 Å². The van der Waals surface area contributed by atoms with E-state index in [0.717, 1.165) is 57.1 Å². The smallest absolute Gasteiger partial charge is 0.146 e. The van der Waals surface area contributed by atoms with Gasteiger partial charge in [-0.05, 0) is 71.7 Å². The van der Waals surface area contributed by atoms with Gasteiger partial charge in [0.25, 0.3) is 0 Å². The maximum atomic E-state index is 6.09. The molecule has 2 aromatic heterocycles. The quantitative estimate of drug-likeness (QED) is 0.284. The minimum atomic E-state index is 0.732. The molecule has 6 heteroatoms. The summed E-state index contributed by atoms with van der Waals surface area (Å²) in [4.78, 5) is 11.6. The van der Waals surface area contributed by atoms with Gasteiger partial charge in [0.15, 0.2) is 0 Å². The van der Waals surface area contributed by atoms with Crippen LogP contribution in [-0.4, -0.2) is 22.8 Å². The van der Waals surface area contributed by atoms with Crippen LogP contribution in [0.1, 0.15) is 33.8 Å². The second-order valence-corrected chi connectivity index (χ2v) is 9.04. The fourth-order valence-corrected chi connectivity index (χ4v) is 4.29. The minimum Gasteiger partial charge on any atom is -0.494 e. The lowest BCUT2D eigenvalue weighted by atomic mass is 10.0. The van der Waals surface area contributed by atoms with Crippen LogP contribution in [0.5, 0.6) is 0 Å². The van der Waals surface area contributed by atoms with Crippen molar-refractivity contribution in [1.82, 2.24) is 9.97 Å². The molecule has 0 spiro atoms. The molecule has 170 valence electrons. The van der Waals surface area contributed by atoms with Crippen LogP contribution in [-0.2, 0) is 17.6 Å². The fourth-order valence-electron chi connectivity index (χ4n) is 4.04. The Morgan fingerprint density at radius 3 is 2.21 bits per heavy atom. The summed E-state index contributed by atoms with van der Waals surface area (Å²) in [5.41, 5.74) is 8.26. The summed E-state index contributed by atoms with van der Waals surface area (Å²) in [6, 6.07) is 22.1. The van der Waals surface area contributed by atoms with E-state index >= 15 is 0 Å². The first-order valence-electron chi connectivity index (χ1n) is 11.0. The Balaban J connectivity index is 1.51. The molecule has 1 aliphatic heterocycles. The molecule has 0 amide bonds. The van der Waals surface area contributed by atoms with Crippen molar-refractivity contribution in [1.29, 1.82) is 0 Å². The zero-order valence-electron chi connectivity index (χ0n) is 18.6. The van der Waals surface area contributed by atoms with E-state index in [0.29, 0.717) is 0 Å². The first-order chi connectivity index (χ1) is 16.6. The van der Waals surface area contributed by atoms with E-state index in [1.807, 2.05) is 48.7 Å². The molecule has 3 heterocycles. The molecule has 4 nitrogen and oxygen atoms in total.